The van der Waals surface area contributed by atoms with Crippen LogP contribution in [0.3, 0.4) is 0 Å². The van der Waals surface area contributed by atoms with E-state index in [2.05, 4.69) is 10.0 Å². The fraction of sp³-hybridized carbons (Fsp3) is 0.188. The van der Waals surface area contributed by atoms with Crippen LogP contribution < -0.4 is 14.8 Å². The molecule has 0 atom stereocenters. The molecule has 6 nitrogen and oxygen atoms in total. The summed E-state index contributed by atoms with van der Waals surface area (Å²) < 4.78 is 45.3. The van der Waals surface area contributed by atoms with Crippen LogP contribution in [0.4, 0.5) is 15.8 Å². The molecule has 0 bridgehead atoms. The molecule has 0 unspecified atom stereocenters. The Kier molecular flexibility index (Phi) is 5.40. The maximum atomic E-state index is 13.0. The largest absolute Gasteiger partial charge is 0.495 e. The molecule has 0 aromatic heterocycles. The first-order valence-corrected chi connectivity index (χ1v) is 8.60. The number of hydrogen-bond donors (Lipinski definition) is 2. The van der Waals surface area contributed by atoms with Crippen LogP contribution in [0.5, 0.6) is 5.75 Å². The quantitative estimate of drug-likeness (QED) is 0.837. The van der Waals surface area contributed by atoms with Crippen molar-refractivity contribution in [1.82, 2.24) is 0 Å². The van der Waals surface area contributed by atoms with Gasteiger partial charge >= 0.3 is 0 Å². The average molecular weight is 352 g/mol. The van der Waals surface area contributed by atoms with Gasteiger partial charge in [0.2, 0.25) is 5.91 Å². The van der Waals surface area contributed by atoms with E-state index in [1.807, 2.05) is 0 Å². The number of carbonyl (C=O) groups is 1. The van der Waals surface area contributed by atoms with E-state index < -0.39 is 15.8 Å². The molecular formula is C16H17FN2O4S. The highest BCUT2D eigenvalue weighted by Crippen LogP contribution is 2.30. The van der Waals surface area contributed by atoms with Gasteiger partial charge in [-0.05, 0) is 42.5 Å². The number of carbonyl (C=O) groups excluding carboxylic acids is 1. The molecule has 0 saturated carbocycles. The molecule has 2 N–H and O–H groups in total. The van der Waals surface area contributed by atoms with Gasteiger partial charge in [-0.15, -0.1) is 0 Å². The topological polar surface area (TPSA) is 84.5 Å². The first kappa shape index (κ1) is 17.7. The first-order chi connectivity index (χ1) is 11.4. The number of benzene rings is 2. The zero-order chi connectivity index (χ0) is 17.7. The highest BCUT2D eigenvalue weighted by molar-refractivity contribution is 7.92. The number of amides is 1. The van der Waals surface area contributed by atoms with E-state index in [0.29, 0.717) is 12.1 Å². The number of anilines is 2. The standard InChI is InChI=1S/C16H17FN2O4S/c1-3-16(20)18-12-6-9-15(23-2)14(10-12)19-24(21,22)13-7-4-11(17)5-8-13/h4-10,19H,3H2,1-2H3,(H,18,20). The molecule has 2 rings (SSSR count). The number of hydrogen-bond acceptors (Lipinski definition) is 4. The molecule has 0 aliphatic rings. The summed E-state index contributed by atoms with van der Waals surface area (Å²) in [5.74, 6) is -0.446. The summed E-state index contributed by atoms with van der Waals surface area (Å²) in [4.78, 5) is 11.4. The van der Waals surface area contributed by atoms with Crippen LogP contribution in [0.2, 0.25) is 0 Å². The summed E-state index contributed by atoms with van der Waals surface area (Å²) in [7, 11) is -2.52. The lowest BCUT2D eigenvalue weighted by Crippen LogP contribution is -2.14. The van der Waals surface area contributed by atoms with Gasteiger partial charge in [-0.2, -0.15) is 0 Å². The normalized spacial score (nSPS) is 11.0. The Hall–Kier alpha value is -2.61. The van der Waals surface area contributed by atoms with Crippen LogP contribution in [0, 0.1) is 5.82 Å². The lowest BCUT2D eigenvalue weighted by molar-refractivity contribution is -0.115. The van der Waals surface area contributed by atoms with Gasteiger partial charge < -0.3 is 10.1 Å². The maximum Gasteiger partial charge on any atom is 0.262 e. The number of methoxy groups -OCH3 is 1. The van der Waals surface area contributed by atoms with Crippen molar-refractivity contribution in [2.75, 3.05) is 17.1 Å². The number of halogens is 1. The summed E-state index contributed by atoms with van der Waals surface area (Å²) >= 11 is 0. The molecular weight excluding hydrogens is 335 g/mol. The molecule has 2 aromatic rings. The van der Waals surface area contributed by atoms with Gasteiger partial charge in [0, 0.05) is 12.1 Å². The second kappa shape index (κ2) is 7.31. The van der Waals surface area contributed by atoms with Gasteiger partial charge in [0.15, 0.2) is 0 Å². The van der Waals surface area contributed by atoms with Crippen molar-refractivity contribution < 1.29 is 22.3 Å². The zero-order valence-corrected chi connectivity index (χ0v) is 14.0. The molecule has 24 heavy (non-hydrogen) atoms. The van der Waals surface area contributed by atoms with Crippen molar-refractivity contribution in [3.8, 4) is 5.75 Å². The van der Waals surface area contributed by atoms with E-state index in [4.69, 9.17) is 4.74 Å². The Morgan fingerprint density at radius 1 is 1.17 bits per heavy atom. The van der Waals surface area contributed by atoms with E-state index in [0.717, 1.165) is 24.3 Å². The Labute approximate surface area is 139 Å². The highest BCUT2D eigenvalue weighted by atomic mass is 32.2. The fourth-order valence-corrected chi connectivity index (χ4v) is 2.99. The molecule has 0 heterocycles. The third-order valence-corrected chi connectivity index (χ3v) is 4.55. The zero-order valence-electron chi connectivity index (χ0n) is 13.2. The Bertz CT molecular complexity index is 836. The lowest BCUT2D eigenvalue weighted by atomic mass is 10.2. The number of ether oxygens (including phenoxy) is 1. The summed E-state index contributed by atoms with van der Waals surface area (Å²) in [5.41, 5.74) is 0.593. The van der Waals surface area contributed by atoms with Gasteiger partial charge in [0.05, 0.1) is 17.7 Å². The van der Waals surface area contributed by atoms with E-state index in [1.54, 1.807) is 13.0 Å². The van der Waals surface area contributed by atoms with E-state index >= 15 is 0 Å². The van der Waals surface area contributed by atoms with Crippen molar-refractivity contribution >= 4 is 27.3 Å². The van der Waals surface area contributed by atoms with Gasteiger partial charge in [0.1, 0.15) is 11.6 Å². The number of rotatable bonds is 6. The van der Waals surface area contributed by atoms with Gasteiger partial charge in [-0.25, -0.2) is 12.8 Å². The monoisotopic (exact) mass is 352 g/mol. The second-order valence-corrected chi connectivity index (χ2v) is 6.56. The van der Waals surface area contributed by atoms with Crippen LogP contribution in [0.15, 0.2) is 47.4 Å². The molecule has 0 radical (unpaired) electrons. The van der Waals surface area contributed by atoms with Crippen LogP contribution in [-0.4, -0.2) is 21.4 Å². The average Bonchev–Trinajstić information content (AvgIpc) is 2.55. The smallest absolute Gasteiger partial charge is 0.262 e. The van der Waals surface area contributed by atoms with Crippen molar-refractivity contribution in [2.24, 2.45) is 0 Å². The lowest BCUT2D eigenvalue weighted by Gasteiger charge is -2.14. The minimum atomic E-state index is -3.92. The van der Waals surface area contributed by atoms with E-state index in [-0.39, 0.29) is 22.2 Å². The summed E-state index contributed by atoms with van der Waals surface area (Å²) in [5, 5.41) is 2.64. The van der Waals surface area contributed by atoms with Crippen LogP contribution in [0.1, 0.15) is 13.3 Å². The van der Waals surface area contributed by atoms with Crippen LogP contribution >= 0.6 is 0 Å². The molecule has 128 valence electrons. The summed E-state index contributed by atoms with van der Waals surface area (Å²) in [6.07, 6.45) is 0.294. The molecule has 0 saturated heterocycles. The maximum absolute atomic E-state index is 13.0. The van der Waals surface area contributed by atoms with E-state index in [1.165, 1.54) is 19.2 Å². The van der Waals surface area contributed by atoms with E-state index in [9.17, 15) is 17.6 Å². The van der Waals surface area contributed by atoms with Crippen LogP contribution in [-0.2, 0) is 14.8 Å². The molecule has 1 amide bonds. The number of nitrogens with one attached hydrogen (secondary N) is 2. The Morgan fingerprint density at radius 2 is 1.83 bits per heavy atom. The number of sulfonamides is 1. The molecule has 0 aliphatic carbocycles. The molecule has 0 fully saturated rings. The van der Waals surface area contributed by atoms with Gasteiger partial charge in [0.25, 0.3) is 10.0 Å². The van der Waals surface area contributed by atoms with Gasteiger partial charge in [-0.1, -0.05) is 6.92 Å². The Morgan fingerprint density at radius 3 is 2.42 bits per heavy atom. The summed E-state index contributed by atoms with van der Waals surface area (Å²) in [6, 6.07) is 9.02. The van der Waals surface area contributed by atoms with Crippen molar-refractivity contribution in [3.05, 3.63) is 48.3 Å². The minimum absolute atomic E-state index is 0.0889. The molecule has 8 heteroatoms. The SMILES string of the molecule is CCC(=O)Nc1ccc(OC)c(NS(=O)(=O)c2ccc(F)cc2)c1. The Balaban J connectivity index is 2.34. The molecule has 2 aromatic carbocycles. The predicted octanol–water partition coefficient (Wildman–Crippen LogP) is 2.98. The van der Waals surface area contributed by atoms with Crippen molar-refractivity contribution in [3.63, 3.8) is 0 Å². The van der Waals surface area contributed by atoms with Crippen LogP contribution in [0.25, 0.3) is 0 Å². The predicted molar refractivity (Wildman–Crippen MR) is 89.1 cm³/mol. The minimum Gasteiger partial charge on any atom is -0.495 e. The van der Waals surface area contributed by atoms with Crippen molar-refractivity contribution in [2.45, 2.75) is 18.2 Å². The second-order valence-electron chi connectivity index (χ2n) is 4.88. The fourth-order valence-electron chi connectivity index (χ4n) is 1.93. The van der Waals surface area contributed by atoms with Gasteiger partial charge in [-0.3, -0.25) is 9.52 Å². The highest BCUT2D eigenvalue weighted by Gasteiger charge is 2.17. The third-order valence-electron chi connectivity index (χ3n) is 3.17. The van der Waals surface area contributed by atoms with Crippen molar-refractivity contribution in [1.29, 1.82) is 0 Å². The summed E-state index contributed by atoms with van der Waals surface area (Å²) in [6.45, 7) is 1.71. The molecule has 0 spiro atoms. The first-order valence-electron chi connectivity index (χ1n) is 7.12. The molecule has 0 aliphatic heterocycles. The third kappa shape index (κ3) is 4.23.